The molecule has 0 unspecified atom stereocenters. The van der Waals surface area contributed by atoms with Gasteiger partial charge in [0.1, 0.15) is 5.75 Å². The van der Waals surface area contributed by atoms with E-state index in [1.807, 2.05) is 42.2 Å². The number of carbonyl (C=O) groups excluding carboxylic acids is 1. The number of halogens is 1. The maximum absolute atomic E-state index is 12.8. The van der Waals surface area contributed by atoms with E-state index in [2.05, 4.69) is 17.0 Å². The van der Waals surface area contributed by atoms with Gasteiger partial charge in [0.15, 0.2) is 6.10 Å². The van der Waals surface area contributed by atoms with Crippen molar-refractivity contribution in [3.05, 3.63) is 59.6 Å². The number of benzene rings is 2. The molecule has 4 nitrogen and oxygen atoms in total. The first-order valence-corrected chi connectivity index (χ1v) is 9.06. The largest absolute Gasteiger partial charge is 0.481 e. The van der Waals surface area contributed by atoms with E-state index in [1.54, 1.807) is 12.1 Å². The van der Waals surface area contributed by atoms with Gasteiger partial charge in [0.25, 0.3) is 5.91 Å². The first kappa shape index (κ1) is 17.6. The zero-order chi connectivity index (χ0) is 17.6. The van der Waals surface area contributed by atoms with Gasteiger partial charge in [0, 0.05) is 36.9 Å². The van der Waals surface area contributed by atoms with E-state index in [4.69, 9.17) is 16.3 Å². The van der Waals surface area contributed by atoms with E-state index in [0.717, 1.165) is 13.1 Å². The van der Waals surface area contributed by atoms with Gasteiger partial charge in [-0.3, -0.25) is 4.79 Å². The molecule has 1 amide bonds. The number of para-hydroxylation sites is 1. The Kier molecular flexibility index (Phi) is 5.82. The molecule has 0 saturated carbocycles. The van der Waals surface area contributed by atoms with Crippen molar-refractivity contribution in [1.82, 2.24) is 4.90 Å². The van der Waals surface area contributed by atoms with Crippen molar-refractivity contribution >= 4 is 23.2 Å². The molecule has 2 aromatic carbocycles. The van der Waals surface area contributed by atoms with Gasteiger partial charge in [-0.1, -0.05) is 42.8 Å². The zero-order valence-electron chi connectivity index (χ0n) is 14.4. The van der Waals surface area contributed by atoms with Gasteiger partial charge >= 0.3 is 0 Å². The number of nitrogens with zero attached hydrogens (tertiary/aromatic N) is 2. The molecule has 25 heavy (non-hydrogen) atoms. The average molecular weight is 359 g/mol. The van der Waals surface area contributed by atoms with Gasteiger partial charge in [0.05, 0.1) is 0 Å². The normalized spacial score (nSPS) is 15.8. The van der Waals surface area contributed by atoms with Crippen molar-refractivity contribution in [3.8, 4) is 5.75 Å². The van der Waals surface area contributed by atoms with Crippen molar-refractivity contribution in [3.63, 3.8) is 0 Å². The molecule has 1 aliphatic heterocycles. The Morgan fingerprint density at radius 2 is 1.80 bits per heavy atom. The standard InChI is InChI=1S/C20H23ClN2O2/c1-2-19(25-18-10-6-7-16(21)15-18)20(24)23-13-11-22(12-14-23)17-8-4-3-5-9-17/h3-10,15,19H,2,11-14H2,1H3/t19-/m1/s1. The molecule has 1 aliphatic rings. The fraction of sp³-hybridized carbons (Fsp3) is 0.350. The smallest absolute Gasteiger partial charge is 0.263 e. The molecule has 1 saturated heterocycles. The summed E-state index contributed by atoms with van der Waals surface area (Å²) in [5.41, 5.74) is 1.21. The quantitative estimate of drug-likeness (QED) is 0.814. The fourth-order valence-electron chi connectivity index (χ4n) is 3.04. The van der Waals surface area contributed by atoms with E-state index in [-0.39, 0.29) is 5.91 Å². The number of piperazine rings is 1. The molecular weight excluding hydrogens is 336 g/mol. The minimum absolute atomic E-state index is 0.0511. The second-order valence-electron chi connectivity index (χ2n) is 6.12. The predicted molar refractivity (Wildman–Crippen MR) is 101 cm³/mol. The number of amides is 1. The summed E-state index contributed by atoms with van der Waals surface area (Å²) < 4.78 is 5.88. The van der Waals surface area contributed by atoms with Crippen LogP contribution < -0.4 is 9.64 Å². The third-order valence-corrected chi connectivity index (χ3v) is 4.67. The van der Waals surface area contributed by atoms with E-state index in [0.29, 0.717) is 30.3 Å². The van der Waals surface area contributed by atoms with Crippen molar-refractivity contribution in [2.45, 2.75) is 19.4 Å². The lowest BCUT2D eigenvalue weighted by atomic mass is 10.2. The summed E-state index contributed by atoms with van der Waals surface area (Å²) in [5, 5.41) is 0.608. The Hall–Kier alpha value is -2.20. The van der Waals surface area contributed by atoms with Gasteiger partial charge in [-0.05, 0) is 36.8 Å². The summed E-state index contributed by atoms with van der Waals surface area (Å²) in [7, 11) is 0. The van der Waals surface area contributed by atoms with Crippen LogP contribution in [0.5, 0.6) is 5.75 Å². The van der Waals surface area contributed by atoms with Gasteiger partial charge in [-0.15, -0.1) is 0 Å². The molecule has 0 bridgehead atoms. The maximum atomic E-state index is 12.8. The highest BCUT2D eigenvalue weighted by Crippen LogP contribution is 2.21. The topological polar surface area (TPSA) is 32.8 Å². The molecule has 3 rings (SSSR count). The third kappa shape index (κ3) is 4.45. The highest BCUT2D eigenvalue weighted by Gasteiger charge is 2.28. The first-order chi connectivity index (χ1) is 12.2. The van der Waals surface area contributed by atoms with Gasteiger partial charge in [-0.25, -0.2) is 0 Å². The van der Waals surface area contributed by atoms with Crippen LogP contribution in [0.2, 0.25) is 5.02 Å². The van der Waals surface area contributed by atoms with E-state index in [1.165, 1.54) is 5.69 Å². The molecule has 0 N–H and O–H groups in total. The van der Waals surface area contributed by atoms with Crippen LogP contribution in [0.15, 0.2) is 54.6 Å². The molecule has 1 atom stereocenters. The third-order valence-electron chi connectivity index (χ3n) is 4.43. The zero-order valence-corrected chi connectivity index (χ0v) is 15.2. The van der Waals surface area contributed by atoms with Crippen LogP contribution in [0, 0.1) is 0 Å². The number of anilines is 1. The molecule has 0 radical (unpaired) electrons. The SMILES string of the molecule is CC[C@@H](Oc1cccc(Cl)c1)C(=O)N1CCN(c2ccccc2)CC1. The lowest BCUT2D eigenvalue weighted by molar-refractivity contribution is -0.139. The Bertz CT molecular complexity index is 700. The first-order valence-electron chi connectivity index (χ1n) is 8.68. The second-order valence-corrected chi connectivity index (χ2v) is 6.56. The summed E-state index contributed by atoms with van der Waals surface area (Å²) in [6.07, 6.45) is 0.159. The Morgan fingerprint density at radius 3 is 2.44 bits per heavy atom. The summed E-state index contributed by atoms with van der Waals surface area (Å²) >= 11 is 5.99. The minimum atomic E-state index is -0.471. The molecule has 0 aliphatic carbocycles. The fourth-order valence-corrected chi connectivity index (χ4v) is 3.22. The summed E-state index contributed by atoms with van der Waals surface area (Å²) in [4.78, 5) is 17.0. The molecule has 1 fully saturated rings. The second kappa shape index (κ2) is 8.26. The molecule has 1 heterocycles. The highest BCUT2D eigenvalue weighted by atomic mass is 35.5. The predicted octanol–water partition coefficient (Wildman–Crippen LogP) is 3.85. The number of carbonyl (C=O) groups is 1. The van der Waals surface area contributed by atoms with Crippen LogP contribution in [0.25, 0.3) is 0 Å². The highest BCUT2D eigenvalue weighted by molar-refractivity contribution is 6.30. The lowest BCUT2D eigenvalue weighted by Gasteiger charge is -2.37. The molecule has 0 aromatic heterocycles. The minimum Gasteiger partial charge on any atom is -0.481 e. The lowest BCUT2D eigenvalue weighted by Crippen LogP contribution is -2.52. The summed E-state index contributed by atoms with van der Waals surface area (Å²) in [6, 6.07) is 17.5. The van der Waals surface area contributed by atoms with E-state index >= 15 is 0 Å². The van der Waals surface area contributed by atoms with Crippen LogP contribution >= 0.6 is 11.6 Å². The molecule has 5 heteroatoms. The van der Waals surface area contributed by atoms with Crippen molar-refractivity contribution in [2.24, 2.45) is 0 Å². The molecular formula is C20H23ClN2O2. The van der Waals surface area contributed by atoms with Crippen LogP contribution in [-0.4, -0.2) is 43.1 Å². The van der Waals surface area contributed by atoms with E-state index < -0.39 is 6.10 Å². The maximum Gasteiger partial charge on any atom is 0.263 e. The van der Waals surface area contributed by atoms with Crippen LogP contribution in [0.1, 0.15) is 13.3 Å². The Balaban J connectivity index is 1.59. The Morgan fingerprint density at radius 1 is 1.08 bits per heavy atom. The van der Waals surface area contributed by atoms with Gasteiger partial charge in [-0.2, -0.15) is 0 Å². The van der Waals surface area contributed by atoms with Crippen molar-refractivity contribution < 1.29 is 9.53 Å². The molecule has 0 spiro atoms. The van der Waals surface area contributed by atoms with Gasteiger partial charge < -0.3 is 14.5 Å². The van der Waals surface area contributed by atoms with Crippen molar-refractivity contribution in [1.29, 1.82) is 0 Å². The number of hydrogen-bond donors (Lipinski definition) is 0. The monoisotopic (exact) mass is 358 g/mol. The number of ether oxygens (including phenoxy) is 1. The van der Waals surface area contributed by atoms with Gasteiger partial charge in [0.2, 0.25) is 0 Å². The molecule has 132 valence electrons. The number of rotatable bonds is 5. The van der Waals surface area contributed by atoms with Crippen LogP contribution in [0.3, 0.4) is 0 Å². The van der Waals surface area contributed by atoms with E-state index in [9.17, 15) is 4.79 Å². The Labute approximate surface area is 154 Å². The van der Waals surface area contributed by atoms with Crippen molar-refractivity contribution in [2.75, 3.05) is 31.1 Å². The summed E-state index contributed by atoms with van der Waals surface area (Å²) in [5.74, 6) is 0.686. The molecule has 2 aromatic rings. The number of hydrogen-bond acceptors (Lipinski definition) is 3. The van der Waals surface area contributed by atoms with Crippen LogP contribution in [-0.2, 0) is 4.79 Å². The summed E-state index contributed by atoms with van der Waals surface area (Å²) in [6.45, 7) is 5.06. The van der Waals surface area contributed by atoms with Crippen LogP contribution in [0.4, 0.5) is 5.69 Å². The average Bonchev–Trinajstić information content (AvgIpc) is 2.66.